The number of rotatable bonds is 5. The summed E-state index contributed by atoms with van der Waals surface area (Å²) in [7, 11) is 2.74. The highest BCUT2D eigenvalue weighted by atomic mass is 19.1. The molecule has 0 aliphatic heterocycles. The van der Waals surface area contributed by atoms with E-state index in [0.29, 0.717) is 11.3 Å². The van der Waals surface area contributed by atoms with Gasteiger partial charge < -0.3 is 14.2 Å². The van der Waals surface area contributed by atoms with Crippen molar-refractivity contribution in [1.29, 1.82) is 0 Å². The maximum Gasteiger partial charge on any atom is 0.341 e. The van der Waals surface area contributed by atoms with E-state index in [1.807, 2.05) is 0 Å². The van der Waals surface area contributed by atoms with E-state index in [-0.39, 0.29) is 23.7 Å². The first kappa shape index (κ1) is 14.8. The van der Waals surface area contributed by atoms with Crippen molar-refractivity contribution < 1.29 is 23.4 Å². The molecule has 0 aliphatic carbocycles. The van der Waals surface area contributed by atoms with Crippen molar-refractivity contribution in [3.63, 3.8) is 0 Å². The molecule has 2 rings (SSSR count). The number of benzene rings is 2. The Morgan fingerprint density at radius 3 is 2.52 bits per heavy atom. The van der Waals surface area contributed by atoms with Crippen LogP contribution in [0, 0.1) is 5.82 Å². The van der Waals surface area contributed by atoms with Gasteiger partial charge in [-0.05, 0) is 18.2 Å². The Hall–Kier alpha value is -2.56. The summed E-state index contributed by atoms with van der Waals surface area (Å²) in [5, 5.41) is 0. The lowest BCUT2D eigenvalue weighted by molar-refractivity contribution is 0.0594. The van der Waals surface area contributed by atoms with Crippen molar-refractivity contribution in [2.75, 3.05) is 14.2 Å². The van der Waals surface area contributed by atoms with Crippen LogP contribution in [0.25, 0.3) is 0 Å². The van der Waals surface area contributed by atoms with E-state index in [9.17, 15) is 9.18 Å². The van der Waals surface area contributed by atoms with Crippen LogP contribution >= 0.6 is 0 Å². The molecular weight excluding hydrogens is 275 g/mol. The summed E-state index contributed by atoms with van der Waals surface area (Å²) < 4.78 is 29.1. The summed E-state index contributed by atoms with van der Waals surface area (Å²) in [6, 6.07) is 11.1. The fraction of sp³-hybridized carbons (Fsp3) is 0.188. The zero-order valence-electron chi connectivity index (χ0n) is 11.8. The van der Waals surface area contributed by atoms with Crippen LogP contribution in [0.2, 0.25) is 0 Å². The number of hydrogen-bond donors (Lipinski definition) is 0. The van der Waals surface area contributed by atoms with Crippen LogP contribution in [0.1, 0.15) is 15.9 Å². The molecule has 2 aromatic rings. The van der Waals surface area contributed by atoms with Gasteiger partial charge in [0.25, 0.3) is 0 Å². The van der Waals surface area contributed by atoms with Crippen LogP contribution in [-0.4, -0.2) is 20.2 Å². The van der Waals surface area contributed by atoms with Crippen LogP contribution in [0.15, 0.2) is 42.5 Å². The van der Waals surface area contributed by atoms with E-state index in [0.717, 1.165) is 0 Å². The summed E-state index contributed by atoms with van der Waals surface area (Å²) in [5.74, 6) is -0.297. The minimum Gasteiger partial charge on any atom is -0.493 e. The molecule has 0 bridgehead atoms. The van der Waals surface area contributed by atoms with Gasteiger partial charge in [-0.15, -0.1) is 0 Å². The molecule has 0 fully saturated rings. The highest BCUT2D eigenvalue weighted by Gasteiger charge is 2.18. The normalized spacial score (nSPS) is 10.0. The number of ether oxygens (including phenoxy) is 3. The lowest BCUT2D eigenvalue weighted by Crippen LogP contribution is -2.07. The number of carbonyl (C=O) groups is 1. The molecule has 110 valence electrons. The van der Waals surface area contributed by atoms with Crippen LogP contribution in [0.5, 0.6) is 11.5 Å². The summed E-state index contributed by atoms with van der Waals surface area (Å²) in [5.41, 5.74) is 0.618. The number of halogens is 1. The minimum absolute atomic E-state index is 0.0168. The Morgan fingerprint density at radius 2 is 1.86 bits per heavy atom. The van der Waals surface area contributed by atoms with Crippen molar-refractivity contribution in [2.24, 2.45) is 0 Å². The quantitative estimate of drug-likeness (QED) is 0.793. The van der Waals surface area contributed by atoms with Gasteiger partial charge >= 0.3 is 5.97 Å². The number of methoxy groups -OCH3 is 2. The molecule has 0 atom stereocenters. The van der Waals surface area contributed by atoms with Gasteiger partial charge in [-0.3, -0.25) is 0 Å². The first-order chi connectivity index (χ1) is 10.2. The molecule has 0 saturated carbocycles. The first-order valence-corrected chi connectivity index (χ1v) is 6.29. The molecule has 0 heterocycles. The first-order valence-electron chi connectivity index (χ1n) is 6.29. The van der Waals surface area contributed by atoms with E-state index in [1.165, 1.54) is 20.3 Å². The monoisotopic (exact) mass is 290 g/mol. The van der Waals surface area contributed by atoms with E-state index in [2.05, 4.69) is 0 Å². The molecule has 0 unspecified atom stereocenters. The topological polar surface area (TPSA) is 44.8 Å². The fourth-order valence-electron chi connectivity index (χ4n) is 1.86. The number of para-hydroxylation sites is 1. The van der Waals surface area contributed by atoms with Gasteiger partial charge in [0.05, 0.1) is 14.2 Å². The summed E-state index contributed by atoms with van der Waals surface area (Å²) in [6.45, 7) is -0.0168. The van der Waals surface area contributed by atoms with Crippen molar-refractivity contribution >= 4 is 5.97 Å². The molecule has 5 heteroatoms. The molecule has 2 aromatic carbocycles. The maximum atomic E-state index is 13.6. The lowest BCUT2D eigenvalue weighted by Gasteiger charge is -2.14. The third kappa shape index (κ3) is 3.31. The minimum atomic E-state index is -0.544. The molecule has 0 radical (unpaired) electrons. The standard InChI is InChI=1S/C16H15FO4/c1-19-14-9-5-7-12(16(18)20-2)15(14)21-10-11-6-3-4-8-13(11)17/h3-9H,10H2,1-2H3. The Balaban J connectivity index is 2.30. The van der Waals surface area contributed by atoms with Gasteiger partial charge in [0.15, 0.2) is 11.5 Å². The largest absolute Gasteiger partial charge is 0.493 e. The van der Waals surface area contributed by atoms with Gasteiger partial charge in [0.2, 0.25) is 0 Å². The van der Waals surface area contributed by atoms with Gasteiger partial charge in [-0.1, -0.05) is 24.3 Å². The van der Waals surface area contributed by atoms with Gasteiger partial charge in [0, 0.05) is 5.56 Å². The highest BCUT2D eigenvalue weighted by molar-refractivity contribution is 5.93. The molecule has 0 aromatic heterocycles. The maximum absolute atomic E-state index is 13.6. The second kappa shape index (κ2) is 6.74. The number of hydrogen-bond acceptors (Lipinski definition) is 4. The van der Waals surface area contributed by atoms with Gasteiger partial charge in [-0.2, -0.15) is 0 Å². The van der Waals surface area contributed by atoms with Crippen molar-refractivity contribution in [1.82, 2.24) is 0 Å². The molecule has 4 nitrogen and oxygen atoms in total. The van der Waals surface area contributed by atoms with Gasteiger partial charge in [0.1, 0.15) is 18.0 Å². The van der Waals surface area contributed by atoms with Gasteiger partial charge in [-0.25, -0.2) is 9.18 Å². The van der Waals surface area contributed by atoms with E-state index < -0.39 is 5.97 Å². The third-order valence-corrected chi connectivity index (χ3v) is 2.93. The average Bonchev–Trinajstić information content (AvgIpc) is 2.53. The van der Waals surface area contributed by atoms with E-state index >= 15 is 0 Å². The van der Waals surface area contributed by atoms with Crippen LogP contribution in [0.3, 0.4) is 0 Å². The summed E-state index contributed by atoms with van der Waals surface area (Å²) in [6.07, 6.45) is 0. The number of esters is 1. The fourth-order valence-corrected chi connectivity index (χ4v) is 1.86. The Labute approximate surface area is 122 Å². The SMILES string of the molecule is COC(=O)c1cccc(OC)c1OCc1ccccc1F. The van der Waals surface area contributed by atoms with Crippen LogP contribution in [0.4, 0.5) is 4.39 Å². The molecule has 0 amide bonds. The van der Waals surface area contributed by atoms with Crippen LogP contribution in [-0.2, 0) is 11.3 Å². The molecule has 0 spiro atoms. The van der Waals surface area contributed by atoms with E-state index in [4.69, 9.17) is 14.2 Å². The molecule has 0 aliphatic rings. The predicted molar refractivity (Wildman–Crippen MR) is 75.1 cm³/mol. The third-order valence-electron chi connectivity index (χ3n) is 2.93. The smallest absolute Gasteiger partial charge is 0.341 e. The van der Waals surface area contributed by atoms with E-state index in [1.54, 1.807) is 36.4 Å². The second-order valence-electron chi connectivity index (χ2n) is 4.21. The summed E-state index contributed by atoms with van der Waals surface area (Å²) >= 11 is 0. The Kier molecular flexibility index (Phi) is 4.77. The van der Waals surface area contributed by atoms with Crippen LogP contribution < -0.4 is 9.47 Å². The van der Waals surface area contributed by atoms with Crippen molar-refractivity contribution in [3.05, 3.63) is 59.4 Å². The Bertz CT molecular complexity index is 640. The Morgan fingerprint density at radius 1 is 1.10 bits per heavy atom. The highest BCUT2D eigenvalue weighted by Crippen LogP contribution is 2.32. The molecule has 0 N–H and O–H groups in total. The lowest BCUT2D eigenvalue weighted by atomic mass is 10.2. The second-order valence-corrected chi connectivity index (χ2v) is 4.21. The predicted octanol–water partition coefficient (Wildman–Crippen LogP) is 3.20. The molecular formula is C16H15FO4. The number of carbonyl (C=O) groups excluding carboxylic acids is 1. The van der Waals surface area contributed by atoms with Crippen molar-refractivity contribution in [3.8, 4) is 11.5 Å². The average molecular weight is 290 g/mol. The zero-order valence-corrected chi connectivity index (χ0v) is 11.8. The summed E-state index contributed by atoms with van der Waals surface area (Å²) in [4.78, 5) is 11.7. The molecule has 0 saturated heterocycles. The zero-order chi connectivity index (χ0) is 15.2. The molecule has 21 heavy (non-hydrogen) atoms. The van der Waals surface area contributed by atoms with Crippen molar-refractivity contribution in [2.45, 2.75) is 6.61 Å².